The highest BCUT2D eigenvalue weighted by Crippen LogP contribution is 2.20. The first kappa shape index (κ1) is 19.1. The Labute approximate surface area is 161 Å². The number of hydrazone groups is 1. The van der Waals surface area contributed by atoms with Crippen LogP contribution in [0.15, 0.2) is 40.6 Å². The number of anilines is 1. The number of carbonyl (C=O) groups excluding carboxylic acids is 1. The number of benzene rings is 1. The summed E-state index contributed by atoms with van der Waals surface area (Å²) in [5.74, 6) is 0.828. The molecule has 0 spiro atoms. The summed E-state index contributed by atoms with van der Waals surface area (Å²) in [6.45, 7) is 4.86. The van der Waals surface area contributed by atoms with Gasteiger partial charge in [-0.2, -0.15) is 5.10 Å². The van der Waals surface area contributed by atoms with Crippen molar-refractivity contribution in [3.63, 3.8) is 0 Å². The molecule has 0 radical (unpaired) electrons. The Morgan fingerprint density at radius 3 is 2.93 bits per heavy atom. The fraction of sp³-hybridized carbons (Fsp3) is 0.333. The van der Waals surface area contributed by atoms with Crippen LogP contribution >= 0.6 is 11.8 Å². The van der Waals surface area contributed by atoms with Crippen LogP contribution in [-0.4, -0.2) is 59.3 Å². The zero-order valence-corrected chi connectivity index (χ0v) is 15.8. The lowest BCUT2D eigenvalue weighted by atomic mass is 10.2. The number of hydrogen-bond donors (Lipinski definition) is 2. The molecular formula is C18H21N5O3S. The van der Waals surface area contributed by atoms with Crippen LogP contribution in [-0.2, 0) is 9.53 Å². The van der Waals surface area contributed by atoms with Crippen molar-refractivity contribution in [3.8, 4) is 5.75 Å². The number of thioether (sulfide) groups is 1. The predicted octanol–water partition coefficient (Wildman–Crippen LogP) is 1.57. The van der Waals surface area contributed by atoms with E-state index in [0.29, 0.717) is 23.9 Å². The summed E-state index contributed by atoms with van der Waals surface area (Å²) in [6.07, 6.45) is 1.40. The van der Waals surface area contributed by atoms with Crippen LogP contribution in [0.4, 0.5) is 5.82 Å². The van der Waals surface area contributed by atoms with Crippen molar-refractivity contribution in [3.05, 3.63) is 41.6 Å². The van der Waals surface area contributed by atoms with Gasteiger partial charge in [0.1, 0.15) is 11.6 Å². The number of aryl methyl sites for hydroxylation is 1. The quantitative estimate of drug-likeness (QED) is 0.336. The van der Waals surface area contributed by atoms with Crippen molar-refractivity contribution in [2.24, 2.45) is 5.10 Å². The Kier molecular flexibility index (Phi) is 6.61. The van der Waals surface area contributed by atoms with Crippen LogP contribution in [0.1, 0.15) is 11.3 Å². The van der Waals surface area contributed by atoms with E-state index in [0.717, 1.165) is 24.6 Å². The highest BCUT2D eigenvalue weighted by atomic mass is 32.2. The smallest absolute Gasteiger partial charge is 0.250 e. The SMILES string of the molecule is Cc1cc(N2CCOCC2)nc(SCC(=O)N/N=C\c2ccccc2O)n1. The van der Waals surface area contributed by atoms with Gasteiger partial charge >= 0.3 is 0 Å². The van der Waals surface area contributed by atoms with Crippen molar-refractivity contribution in [1.82, 2.24) is 15.4 Å². The number of amides is 1. The molecule has 1 amide bonds. The molecule has 1 saturated heterocycles. The Morgan fingerprint density at radius 1 is 1.37 bits per heavy atom. The van der Waals surface area contributed by atoms with Gasteiger partial charge in [-0.1, -0.05) is 23.9 Å². The summed E-state index contributed by atoms with van der Waals surface area (Å²) in [5.41, 5.74) is 3.82. The van der Waals surface area contributed by atoms with E-state index < -0.39 is 0 Å². The van der Waals surface area contributed by atoms with Gasteiger partial charge in [-0.15, -0.1) is 0 Å². The average molecular weight is 387 g/mol. The molecule has 2 aromatic rings. The van der Waals surface area contributed by atoms with E-state index in [1.54, 1.807) is 24.3 Å². The van der Waals surface area contributed by atoms with Crippen LogP contribution in [0.3, 0.4) is 0 Å². The van der Waals surface area contributed by atoms with E-state index >= 15 is 0 Å². The van der Waals surface area contributed by atoms with Crippen LogP contribution in [0, 0.1) is 6.92 Å². The zero-order chi connectivity index (χ0) is 19.1. The Morgan fingerprint density at radius 2 is 2.15 bits per heavy atom. The molecular weight excluding hydrogens is 366 g/mol. The molecule has 2 heterocycles. The highest BCUT2D eigenvalue weighted by molar-refractivity contribution is 7.99. The van der Waals surface area contributed by atoms with E-state index in [-0.39, 0.29) is 17.4 Å². The standard InChI is InChI=1S/C18H21N5O3S/c1-13-10-16(23-6-8-26-9-7-23)21-18(20-13)27-12-17(25)22-19-11-14-4-2-3-5-15(14)24/h2-5,10-11,24H,6-9,12H2,1H3,(H,22,25)/b19-11-. The molecule has 1 aromatic heterocycles. The van der Waals surface area contributed by atoms with E-state index in [1.807, 2.05) is 13.0 Å². The maximum Gasteiger partial charge on any atom is 0.250 e. The van der Waals surface area contributed by atoms with E-state index in [4.69, 9.17) is 4.74 Å². The molecule has 0 saturated carbocycles. The first-order chi connectivity index (χ1) is 13.1. The molecule has 1 aliphatic heterocycles. The number of hydrogen-bond acceptors (Lipinski definition) is 8. The number of aromatic hydroxyl groups is 1. The monoisotopic (exact) mass is 387 g/mol. The van der Waals surface area contributed by atoms with Gasteiger partial charge in [0.15, 0.2) is 5.16 Å². The second-order valence-corrected chi connectivity index (χ2v) is 6.83. The topological polar surface area (TPSA) is 99.9 Å². The molecule has 9 heteroatoms. The molecule has 1 aromatic carbocycles. The number of morpholine rings is 1. The molecule has 2 N–H and O–H groups in total. The summed E-state index contributed by atoms with van der Waals surface area (Å²) in [5, 5.41) is 14.1. The van der Waals surface area contributed by atoms with Crippen LogP contribution in [0.5, 0.6) is 5.75 Å². The summed E-state index contributed by atoms with van der Waals surface area (Å²) in [7, 11) is 0. The number of rotatable bonds is 6. The third kappa shape index (κ3) is 5.66. The van der Waals surface area contributed by atoms with Gasteiger partial charge in [-0.3, -0.25) is 4.79 Å². The van der Waals surface area contributed by atoms with Crippen molar-refractivity contribution in [1.29, 1.82) is 0 Å². The highest BCUT2D eigenvalue weighted by Gasteiger charge is 2.14. The summed E-state index contributed by atoms with van der Waals surface area (Å²) in [6, 6.07) is 8.69. The van der Waals surface area contributed by atoms with E-state index in [1.165, 1.54) is 18.0 Å². The number of para-hydroxylation sites is 1. The Bertz CT molecular complexity index is 824. The van der Waals surface area contributed by atoms with Gasteiger partial charge in [0, 0.05) is 30.4 Å². The van der Waals surface area contributed by atoms with Gasteiger partial charge in [0.25, 0.3) is 5.91 Å². The number of phenolic OH excluding ortho intramolecular Hbond substituents is 1. The van der Waals surface area contributed by atoms with Crippen molar-refractivity contribution < 1.29 is 14.6 Å². The fourth-order valence-corrected chi connectivity index (χ4v) is 3.17. The summed E-state index contributed by atoms with van der Waals surface area (Å²) >= 11 is 1.25. The Balaban J connectivity index is 1.54. The number of phenols is 1. The second-order valence-electron chi connectivity index (χ2n) is 5.89. The lowest BCUT2D eigenvalue weighted by Crippen LogP contribution is -2.36. The molecule has 3 rings (SSSR count). The third-order valence-corrected chi connectivity index (χ3v) is 4.66. The average Bonchev–Trinajstić information content (AvgIpc) is 2.68. The van der Waals surface area contributed by atoms with Gasteiger partial charge in [-0.05, 0) is 19.1 Å². The maximum atomic E-state index is 12.0. The molecule has 0 atom stereocenters. The molecule has 0 unspecified atom stereocenters. The van der Waals surface area contributed by atoms with Gasteiger partial charge in [0.05, 0.1) is 25.2 Å². The van der Waals surface area contributed by atoms with Crippen molar-refractivity contribution in [2.45, 2.75) is 12.1 Å². The summed E-state index contributed by atoms with van der Waals surface area (Å²) < 4.78 is 5.37. The first-order valence-corrected chi connectivity index (χ1v) is 9.51. The minimum absolute atomic E-state index is 0.105. The van der Waals surface area contributed by atoms with Crippen LogP contribution in [0.2, 0.25) is 0 Å². The molecule has 1 aliphatic rings. The molecule has 142 valence electrons. The van der Waals surface area contributed by atoms with Crippen LogP contribution < -0.4 is 10.3 Å². The first-order valence-electron chi connectivity index (χ1n) is 8.53. The van der Waals surface area contributed by atoms with Crippen LogP contribution in [0.25, 0.3) is 0 Å². The number of carbonyl (C=O) groups is 1. The minimum Gasteiger partial charge on any atom is -0.507 e. The molecule has 0 aliphatic carbocycles. The third-order valence-electron chi connectivity index (χ3n) is 3.82. The van der Waals surface area contributed by atoms with Gasteiger partial charge in [0.2, 0.25) is 0 Å². The largest absolute Gasteiger partial charge is 0.507 e. The Hall–Kier alpha value is -2.65. The predicted molar refractivity (Wildman–Crippen MR) is 104 cm³/mol. The van der Waals surface area contributed by atoms with Crippen molar-refractivity contribution >= 4 is 29.7 Å². The van der Waals surface area contributed by atoms with Gasteiger partial charge in [-0.25, -0.2) is 15.4 Å². The molecule has 1 fully saturated rings. The fourth-order valence-electron chi connectivity index (χ4n) is 2.48. The number of aromatic nitrogens is 2. The molecule has 27 heavy (non-hydrogen) atoms. The number of nitrogens with one attached hydrogen (secondary N) is 1. The second kappa shape index (κ2) is 9.33. The van der Waals surface area contributed by atoms with Crippen molar-refractivity contribution in [2.75, 3.05) is 37.0 Å². The minimum atomic E-state index is -0.273. The maximum absolute atomic E-state index is 12.0. The lowest BCUT2D eigenvalue weighted by Gasteiger charge is -2.28. The van der Waals surface area contributed by atoms with E-state index in [9.17, 15) is 9.90 Å². The zero-order valence-electron chi connectivity index (χ0n) is 15.0. The molecule has 0 bridgehead atoms. The molecule has 8 nitrogen and oxygen atoms in total. The normalized spacial score (nSPS) is 14.5. The van der Waals surface area contributed by atoms with E-state index in [2.05, 4.69) is 25.4 Å². The van der Waals surface area contributed by atoms with Gasteiger partial charge < -0.3 is 14.7 Å². The lowest BCUT2D eigenvalue weighted by molar-refractivity contribution is -0.118. The summed E-state index contributed by atoms with van der Waals surface area (Å²) in [4.78, 5) is 23.0. The number of nitrogens with zero attached hydrogens (tertiary/aromatic N) is 4. The number of ether oxygens (including phenoxy) is 1.